The fourth-order valence-electron chi connectivity index (χ4n) is 3.17. The van der Waals surface area contributed by atoms with E-state index in [0.29, 0.717) is 45.0 Å². The molecule has 134 valence electrons. The van der Waals surface area contributed by atoms with Crippen molar-refractivity contribution < 1.29 is 9.90 Å². The summed E-state index contributed by atoms with van der Waals surface area (Å²) in [5.41, 5.74) is 0.0916. The van der Waals surface area contributed by atoms with Gasteiger partial charge in [-0.15, -0.1) is 0 Å². The van der Waals surface area contributed by atoms with E-state index in [1.807, 2.05) is 22.6 Å². The van der Waals surface area contributed by atoms with Gasteiger partial charge in [-0.05, 0) is 25.5 Å². The van der Waals surface area contributed by atoms with Crippen LogP contribution in [0.15, 0.2) is 30.7 Å². The second-order valence-electron chi connectivity index (χ2n) is 6.64. The summed E-state index contributed by atoms with van der Waals surface area (Å²) in [7, 11) is 1.73. The minimum Gasteiger partial charge on any atom is -0.386 e. The molecule has 1 saturated heterocycles. The summed E-state index contributed by atoms with van der Waals surface area (Å²) < 4.78 is 1.81. The van der Waals surface area contributed by atoms with Crippen molar-refractivity contribution in [3.8, 4) is 0 Å². The van der Waals surface area contributed by atoms with Crippen molar-refractivity contribution in [3.63, 3.8) is 0 Å². The van der Waals surface area contributed by atoms with E-state index in [-0.39, 0.29) is 5.91 Å². The van der Waals surface area contributed by atoms with E-state index >= 15 is 0 Å². The average Bonchev–Trinajstić information content (AvgIpc) is 3.19. The number of amides is 1. The Kier molecular flexibility index (Phi) is 4.98. The second-order valence-corrected chi connectivity index (χ2v) is 6.64. The van der Waals surface area contributed by atoms with Gasteiger partial charge in [-0.1, -0.05) is 0 Å². The van der Waals surface area contributed by atoms with E-state index in [0.717, 1.165) is 5.69 Å². The molecule has 0 aliphatic carbocycles. The Morgan fingerprint density at radius 2 is 2.12 bits per heavy atom. The first kappa shape index (κ1) is 17.3. The van der Waals surface area contributed by atoms with E-state index in [2.05, 4.69) is 15.1 Å². The summed E-state index contributed by atoms with van der Waals surface area (Å²) in [5, 5.41) is 15.0. The zero-order chi connectivity index (χ0) is 17.9. The zero-order valence-electron chi connectivity index (χ0n) is 14.7. The van der Waals surface area contributed by atoms with Crippen LogP contribution >= 0.6 is 0 Å². The summed E-state index contributed by atoms with van der Waals surface area (Å²) in [5.74, 6) is 0.610. The van der Waals surface area contributed by atoms with Crippen molar-refractivity contribution in [1.82, 2.24) is 24.6 Å². The van der Waals surface area contributed by atoms with Crippen LogP contribution in [0.3, 0.4) is 0 Å². The van der Waals surface area contributed by atoms with E-state index in [4.69, 9.17) is 0 Å². The van der Waals surface area contributed by atoms with Crippen molar-refractivity contribution >= 4 is 11.9 Å². The number of likely N-dealkylation sites (N-methyl/N-ethyl adjacent to an activating group) is 1. The molecule has 1 atom stereocenters. The molecule has 1 aliphatic heterocycles. The molecule has 25 heavy (non-hydrogen) atoms. The largest absolute Gasteiger partial charge is 0.386 e. The SMILES string of the molecule is Cc1ccnn1CCC(=O)N(C)CC1(O)CCN(c2ncccn2)C1. The Bertz CT molecular complexity index is 719. The van der Waals surface area contributed by atoms with Crippen LogP contribution in [0.25, 0.3) is 0 Å². The van der Waals surface area contributed by atoms with Crippen LogP contribution in [0.5, 0.6) is 0 Å². The van der Waals surface area contributed by atoms with Crippen molar-refractivity contribution in [2.24, 2.45) is 0 Å². The van der Waals surface area contributed by atoms with E-state index < -0.39 is 5.60 Å². The lowest BCUT2D eigenvalue weighted by Crippen LogP contribution is -2.46. The van der Waals surface area contributed by atoms with Gasteiger partial charge in [-0.2, -0.15) is 5.10 Å². The predicted molar refractivity (Wildman–Crippen MR) is 93.0 cm³/mol. The van der Waals surface area contributed by atoms with Crippen LogP contribution in [0.2, 0.25) is 0 Å². The number of carbonyl (C=O) groups excluding carboxylic acids is 1. The Morgan fingerprint density at radius 3 is 2.80 bits per heavy atom. The van der Waals surface area contributed by atoms with Crippen molar-refractivity contribution in [2.45, 2.75) is 31.9 Å². The number of nitrogens with zero attached hydrogens (tertiary/aromatic N) is 6. The van der Waals surface area contributed by atoms with E-state index in [1.165, 1.54) is 0 Å². The Hall–Kier alpha value is -2.48. The van der Waals surface area contributed by atoms with Gasteiger partial charge in [0.2, 0.25) is 11.9 Å². The molecular formula is C17H24N6O2. The molecular weight excluding hydrogens is 320 g/mol. The Balaban J connectivity index is 1.52. The normalized spacial score (nSPS) is 20.0. The maximum absolute atomic E-state index is 12.4. The molecule has 1 fully saturated rings. The molecule has 1 amide bonds. The van der Waals surface area contributed by atoms with Crippen LogP contribution in [-0.2, 0) is 11.3 Å². The number of anilines is 1. The van der Waals surface area contributed by atoms with Gasteiger partial charge in [0.25, 0.3) is 0 Å². The lowest BCUT2D eigenvalue weighted by molar-refractivity contribution is -0.133. The summed E-state index contributed by atoms with van der Waals surface area (Å²) in [4.78, 5) is 24.4. The molecule has 3 rings (SSSR count). The van der Waals surface area contributed by atoms with Gasteiger partial charge in [0.15, 0.2) is 0 Å². The molecule has 8 nitrogen and oxygen atoms in total. The van der Waals surface area contributed by atoms with Gasteiger partial charge in [0.1, 0.15) is 5.60 Å². The highest BCUT2D eigenvalue weighted by atomic mass is 16.3. The summed E-state index contributed by atoms with van der Waals surface area (Å²) in [6.07, 6.45) is 6.05. The molecule has 0 bridgehead atoms. The minimum absolute atomic E-state index is 0.00210. The quantitative estimate of drug-likeness (QED) is 0.820. The van der Waals surface area contributed by atoms with Crippen LogP contribution in [0, 0.1) is 6.92 Å². The lowest BCUT2D eigenvalue weighted by atomic mass is 10.0. The fraction of sp³-hybridized carbons (Fsp3) is 0.529. The van der Waals surface area contributed by atoms with Gasteiger partial charge in [0, 0.05) is 50.8 Å². The van der Waals surface area contributed by atoms with Crippen LogP contribution < -0.4 is 4.90 Å². The summed E-state index contributed by atoms with van der Waals surface area (Å²) in [6, 6.07) is 3.68. The van der Waals surface area contributed by atoms with E-state index in [9.17, 15) is 9.90 Å². The highest BCUT2D eigenvalue weighted by molar-refractivity contribution is 5.75. The van der Waals surface area contributed by atoms with E-state index in [1.54, 1.807) is 36.6 Å². The third-order valence-corrected chi connectivity index (χ3v) is 4.59. The van der Waals surface area contributed by atoms with Gasteiger partial charge >= 0.3 is 0 Å². The molecule has 1 aliphatic rings. The summed E-state index contributed by atoms with van der Waals surface area (Å²) >= 11 is 0. The molecule has 2 aromatic heterocycles. The molecule has 0 spiro atoms. The Morgan fingerprint density at radius 1 is 1.36 bits per heavy atom. The smallest absolute Gasteiger partial charge is 0.225 e. The number of aliphatic hydroxyl groups is 1. The number of aryl methyl sites for hydroxylation is 2. The van der Waals surface area contributed by atoms with Gasteiger partial charge < -0.3 is 14.9 Å². The molecule has 0 saturated carbocycles. The first-order valence-corrected chi connectivity index (χ1v) is 8.44. The third kappa shape index (κ3) is 4.14. The van der Waals surface area contributed by atoms with Crippen molar-refractivity contribution in [3.05, 3.63) is 36.4 Å². The van der Waals surface area contributed by atoms with Gasteiger partial charge in [0.05, 0.1) is 13.1 Å². The predicted octanol–water partition coefficient (Wildman–Crippen LogP) is 0.471. The minimum atomic E-state index is -0.939. The highest BCUT2D eigenvalue weighted by Gasteiger charge is 2.38. The van der Waals surface area contributed by atoms with Crippen LogP contribution in [-0.4, -0.2) is 67.9 Å². The number of aromatic nitrogens is 4. The standard InChI is InChI=1S/C17H24N6O2/c1-14-4-9-20-23(14)10-5-15(24)21(2)12-17(25)6-11-22(13-17)16-18-7-3-8-19-16/h3-4,7-9,25H,5-6,10-13H2,1-2H3. The molecule has 8 heteroatoms. The molecule has 2 aromatic rings. The molecule has 1 unspecified atom stereocenters. The maximum Gasteiger partial charge on any atom is 0.225 e. The van der Waals surface area contributed by atoms with Crippen molar-refractivity contribution in [1.29, 1.82) is 0 Å². The molecule has 0 radical (unpaired) electrons. The zero-order valence-corrected chi connectivity index (χ0v) is 14.7. The Labute approximate surface area is 147 Å². The maximum atomic E-state index is 12.4. The fourth-order valence-corrected chi connectivity index (χ4v) is 3.17. The number of rotatable bonds is 6. The first-order chi connectivity index (χ1) is 12.0. The van der Waals surface area contributed by atoms with Crippen LogP contribution in [0.4, 0.5) is 5.95 Å². The number of β-amino-alcohol motifs (C(OH)–C–C–N with tert-alkyl or cyclic N) is 1. The molecule has 0 aromatic carbocycles. The molecule has 3 heterocycles. The third-order valence-electron chi connectivity index (χ3n) is 4.59. The second kappa shape index (κ2) is 7.18. The number of hydrogen-bond acceptors (Lipinski definition) is 6. The monoisotopic (exact) mass is 344 g/mol. The average molecular weight is 344 g/mol. The highest BCUT2D eigenvalue weighted by Crippen LogP contribution is 2.25. The number of carbonyl (C=O) groups is 1. The van der Waals surface area contributed by atoms with Gasteiger partial charge in [-0.3, -0.25) is 9.48 Å². The lowest BCUT2D eigenvalue weighted by Gasteiger charge is -2.29. The van der Waals surface area contributed by atoms with Gasteiger partial charge in [-0.25, -0.2) is 9.97 Å². The summed E-state index contributed by atoms with van der Waals surface area (Å²) in [6.45, 7) is 3.91. The van der Waals surface area contributed by atoms with Crippen LogP contribution in [0.1, 0.15) is 18.5 Å². The first-order valence-electron chi connectivity index (χ1n) is 8.44. The topological polar surface area (TPSA) is 87.4 Å². The van der Waals surface area contributed by atoms with Crippen molar-refractivity contribution in [2.75, 3.05) is 31.6 Å². The molecule has 1 N–H and O–H groups in total. The number of hydrogen-bond donors (Lipinski definition) is 1.